The summed E-state index contributed by atoms with van der Waals surface area (Å²) < 4.78 is 0. The first-order valence-corrected chi connectivity index (χ1v) is 9.12. The number of aromatic nitrogens is 3. The van der Waals surface area contributed by atoms with E-state index >= 15 is 0 Å². The molecule has 1 aliphatic rings. The Morgan fingerprint density at radius 2 is 2.00 bits per heavy atom. The summed E-state index contributed by atoms with van der Waals surface area (Å²) in [5.74, 6) is 0.407. The maximum Gasteiger partial charge on any atom is 0.234 e. The van der Waals surface area contributed by atoms with Gasteiger partial charge in [-0.05, 0) is 45.7 Å². The molecule has 0 spiro atoms. The molecule has 26 heavy (non-hydrogen) atoms. The van der Waals surface area contributed by atoms with Crippen LogP contribution in [-0.2, 0) is 10.3 Å². The Kier molecular flexibility index (Phi) is 5.20. The molecule has 0 aliphatic carbocycles. The van der Waals surface area contributed by atoms with Gasteiger partial charge in [-0.1, -0.05) is 6.92 Å². The highest BCUT2D eigenvalue weighted by atomic mass is 16.2. The van der Waals surface area contributed by atoms with Gasteiger partial charge in [0, 0.05) is 36.2 Å². The predicted molar refractivity (Wildman–Crippen MR) is 102 cm³/mol. The van der Waals surface area contributed by atoms with Crippen molar-refractivity contribution < 1.29 is 4.79 Å². The Morgan fingerprint density at radius 3 is 2.73 bits per heavy atom. The molecule has 3 rings (SSSR count). The van der Waals surface area contributed by atoms with Crippen molar-refractivity contribution >= 4 is 17.1 Å². The van der Waals surface area contributed by atoms with Crippen LogP contribution in [0, 0.1) is 5.92 Å². The molecular weight excluding hydrogens is 328 g/mol. The molecule has 1 fully saturated rings. The minimum atomic E-state index is -0.522. The molecule has 1 aliphatic heterocycles. The summed E-state index contributed by atoms with van der Waals surface area (Å²) in [5, 5.41) is 10.0. The molecule has 1 saturated heterocycles. The van der Waals surface area contributed by atoms with Crippen molar-refractivity contribution in [2.24, 2.45) is 5.92 Å². The van der Waals surface area contributed by atoms with Crippen molar-refractivity contribution in [1.82, 2.24) is 30.9 Å². The van der Waals surface area contributed by atoms with E-state index in [9.17, 15) is 4.79 Å². The van der Waals surface area contributed by atoms with Gasteiger partial charge in [0.25, 0.3) is 0 Å². The molecule has 7 heteroatoms. The average Bonchev–Trinajstić information content (AvgIpc) is 2.59. The molecule has 3 N–H and O–H groups in total. The molecule has 0 saturated carbocycles. The van der Waals surface area contributed by atoms with Crippen LogP contribution in [0.5, 0.6) is 0 Å². The molecule has 2 aromatic rings. The summed E-state index contributed by atoms with van der Waals surface area (Å²) in [5.41, 5.74) is 1.68. The Bertz CT molecular complexity index is 782. The topological polar surface area (TPSA) is 91.8 Å². The van der Waals surface area contributed by atoms with E-state index in [0.717, 1.165) is 24.0 Å². The van der Waals surface area contributed by atoms with Gasteiger partial charge >= 0.3 is 0 Å². The minimum Gasteiger partial charge on any atom is -0.344 e. The summed E-state index contributed by atoms with van der Waals surface area (Å²) in [4.78, 5) is 25.9. The highest BCUT2D eigenvalue weighted by Gasteiger charge is 2.39. The number of amides is 1. The number of hydrogen-bond donors (Lipinski definition) is 3. The monoisotopic (exact) mass is 356 g/mol. The minimum absolute atomic E-state index is 0.0234. The maximum absolute atomic E-state index is 12.7. The Labute approximate surface area is 154 Å². The average molecular weight is 356 g/mol. The van der Waals surface area contributed by atoms with E-state index in [2.05, 4.69) is 37.8 Å². The number of rotatable bonds is 4. The van der Waals surface area contributed by atoms with Crippen LogP contribution in [0.3, 0.4) is 0 Å². The molecule has 140 valence electrons. The summed E-state index contributed by atoms with van der Waals surface area (Å²) in [6.07, 6.45) is 5.90. The van der Waals surface area contributed by atoms with Crippen molar-refractivity contribution in [3.05, 3.63) is 30.2 Å². The van der Waals surface area contributed by atoms with E-state index in [1.54, 1.807) is 18.6 Å². The first-order chi connectivity index (χ1) is 12.3. The highest BCUT2D eigenvalue weighted by Crippen LogP contribution is 2.33. The second-order valence-electron chi connectivity index (χ2n) is 8.26. The van der Waals surface area contributed by atoms with Crippen LogP contribution in [0.4, 0.5) is 0 Å². The standard InChI is InChI=1S/C19H28N6O/c1-13-9-19(12-20-10-13,25-15(26)11-24-18(2,3)4)14-5-6-22-17-16(14)21-7-8-23-17/h5-8,13,20,24H,9-12H2,1-4H3,(H,25,26)/t13-,19-/m0/s1. The van der Waals surface area contributed by atoms with Gasteiger partial charge < -0.3 is 16.0 Å². The number of fused-ring (bicyclic) bond motifs is 1. The summed E-state index contributed by atoms with van der Waals surface area (Å²) in [7, 11) is 0. The quantitative estimate of drug-likeness (QED) is 0.766. The number of pyridine rings is 1. The van der Waals surface area contributed by atoms with Crippen LogP contribution in [0.25, 0.3) is 11.2 Å². The second kappa shape index (κ2) is 7.25. The number of piperidine rings is 1. The third kappa shape index (κ3) is 4.16. The summed E-state index contributed by atoms with van der Waals surface area (Å²) >= 11 is 0. The largest absolute Gasteiger partial charge is 0.344 e. The second-order valence-corrected chi connectivity index (χ2v) is 8.26. The summed E-state index contributed by atoms with van der Waals surface area (Å²) in [6, 6.07) is 1.95. The predicted octanol–water partition coefficient (Wildman–Crippen LogP) is 1.35. The number of nitrogens with one attached hydrogen (secondary N) is 3. The van der Waals surface area contributed by atoms with Gasteiger partial charge in [-0.15, -0.1) is 0 Å². The first kappa shape index (κ1) is 18.7. The van der Waals surface area contributed by atoms with E-state index in [1.807, 2.05) is 26.8 Å². The molecule has 3 heterocycles. The number of hydrogen-bond acceptors (Lipinski definition) is 6. The van der Waals surface area contributed by atoms with Crippen molar-refractivity contribution in [3.63, 3.8) is 0 Å². The smallest absolute Gasteiger partial charge is 0.234 e. The lowest BCUT2D eigenvalue weighted by atomic mass is 9.78. The van der Waals surface area contributed by atoms with Gasteiger partial charge in [-0.25, -0.2) is 9.97 Å². The van der Waals surface area contributed by atoms with Crippen molar-refractivity contribution in [2.75, 3.05) is 19.6 Å². The van der Waals surface area contributed by atoms with Gasteiger partial charge in [0.2, 0.25) is 5.91 Å². The van der Waals surface area contributed by atoms with E-state index < -0.39 is 5.54 Å². The van der Waals surface area contributed by atoms with E-state index in [-0.39, 0.29) is 18.0 Å². The van der Waals surface area contributed by atoms with Crippen LogP contribution in [0.2, 0.25) is 0 Å². The van der Waals surface area contributed by atoms with Gasteiger partial charge in [0.1, 0.15) is 5.52 Å². The third-order valence-corrected chi connectivity index (χ3v) is 4.66. The van der Waals surface area contributed by atoms with Gasteiger partial charge in [0.15, 0.2) is 5.65 Å². The van der Waals surface area contributed by atoms with Crippen LogP contribution >= 0.6 is 0 Å². The van der Waals surface area contributed by atoms with Crippen molar-refractivity contribution in [1.29, 1.82) is 0 Å². The van der Waals surface area contributed by atoms with Gasteiger partial charge in [-0.3, -0.25) is 9.78 Å². The first-order valence-electron chi connectivity index (χ1n) is 9.12. The summed E-state index contributed by atoms with van der Waals surface area (Å²) in [6.45, 7) is 10.2. The number of carbonyl (C=O) groups is 1. The lowest BCUT2D eigenvalue weighted by Crippen LogP contribution is -2.59. The maximum atomic E-state index is 12.7. The fourth-order valence-electron chi connectivity index (χ4n) is 3.56. The van der Waals surface area contributed by atoms with Crippen LogP contribution in [0.1, 0.15) is 39.7 Å². The van der Waals surface area contributed by atoms with Crippen LogP contribution in [-0.4, -0.2) is 46.0 Å². The van der Waals surface area contributed by atoms with Crippen molar-refractivity contribution in [2.45, 2.75) is 45.2 Å². The molecular formula is C19H28N6O. The highest BCUT2D eigenvalue weighted by molar-refractivity contribution is 5.81. The van der Waals surface area contributed by atoms with Gasteiger partial charge in [0.05, 0.1) is 12.1 Å². The number of carbonyl (C=O) groups excluding carboxylic acids is 1. The number of nitrogens with zero attached hydrogens (tertiary/aromatic N) is 3. The lowest BCUT2D eigenvalue weighted by molar-refractivity contribution is -0.123. The molecule has 0 unspecified atom stereocenters. The molecule has 0 bridgehead atoms. The SMILES string of the molecule is C[C@@H]1CNC[C@](NC(=O)CNC(C)(C)C)(c2ccnc3nccnc23)C1. The molecule has 1 amide bonds. The zero-order valence-corrected chi connectivity index (χ0v) is 16.0. The molecule has 0 radical (unpaired) electrons. The fraction of sp³-hybridized carbons (Fsp3) is 0.579. The van der Waals surface area contributed by atoms with Crippen LogP contribution < -0.4 is 16.0 Å². The van der Waals surface area contributed by atoms with E-state index in [1.165, 1.54) is 0 Å². The molecule has 2 atom stereocenters. The van der Waals surface area contributed by atoms with Gasteiger partial charge in [-0.2, -0.15) is 0 Å². The Hall–Kier alpha value is -2.12. The Morgan fingerprint density at radius 1 is 1.27 bits per heavy atom. The zero-order valence-electron chi connectivity index (χ0n) is 16.0. The fourth-order valence-corrected chi connectivity index (χ4v) is 3.56. The van der Waals surface area contributed by atoms with Crippen molar-refractivity contribution in [3.8, 4) is 0 Å². The lowest BCUT2D eigenvalue weighted by Gasteiger charge is -2.42. The molecule has 0 aromatic carbocycles. The van der Waals surface area contributed by atoms with E-state index in [0.29, 0.717) is 18.1 Å². The third-order valence-electron chi connectivity index (χ3n) is 4.66. The van der Waals surface area contributed by atoms with E-state index in [4.69, 9.17) is 0 Å². The molecule has 2 aromatic heterocycles. The zero-order chi connectivity index (χ0) is 18.8. The van der Waals surface area contributed by atoms with Crippen LogP contribution in [0.15, 0.2) is 24.7 Å². The molecule has 7 nitrogen and oxygen atoms in total. The Balaban J connectivity index is 1.95. The normalized spacial score (nSPS) is 23.8.